The number of hydrogen-bond acceptors (Lipinski definition) is 8. The van der Waals surface area contributed by atoms with Crippen molar-refractivity contribution in [2.45, 2.75) is 66.1 Å². The predicted molar refractivity (Wildman–Crippen MR) is 147 cm³/mol. The number of para-hydroxylation sites is 1. The monoisotopic (exact) mass is 551 g/mol. The van der Waals surface area contributed by atoms with Crippen LogP contribution in [0, 0.1) is 11.8 Å². The van der Waals surface area contributed by atoms with Gasteiger partial charge in [-0.05, 0) is 72.2 Å². The second-order valence-corrected chi connectivity index (χ2v) is 11.7. The highest BCUT2D eigenvalue weighted by atomic mass is 16.6. The lowest BCUT2D eigenvalue weighted by atomic mass is 9.86. The molecule has 1 aliphatic heterocycles. The molecule has 1 unspecified atom stereocenters. The summed E-state index contributed by atoms with van der Waals surface area (Å²) < 4.78 is 16.8. The Morgan fingerprint density at radius 1 is 0.775 bits per heavy atom. The summed E-state index contributed by atoms with van der Waals surface area (Å²) in [6, 6.07) is 13.2. The number of benzene rings is 2. The molecule has 0 saturated heterocycles. The highest BCUT2D eigenvalue weighted by Crippen LogP contribution is 2.29. The fourth-order valence-electron chi connectivity index (χ4n) is 4.27. The predicted octanol–water partition coefficient (Wildman–Crippen LogP) is 4.87. The molecule has 2 amide bonds. The summed E-state index contributed by atoms with van der Waals surface area (Å²) >= 11 is 0. The third-order valence-corrected chi connectivity index (χ3v) is 6.05. The lowest BCUT2D eigenvalue weighted by Gasteiger charge is -2.28. The maximum atomic E-state index is 13.6. The Balaban J connectivity index is 1.72. The van der Waals surface area contributed by atoms with Crippen LogP contribution in [0.1, 0.15) is 86.0 Å². The fourth-order valence-corrected chi connectivity index (χ4v) is 4.27. The Hall–Kier alpha value is -4.01. The van der Waals surface area contributed by atoms with Gasteiger partial charge in [-0.25, -0.2) is 0 Å². The van der Waals surface area contributed by atoms with Gasteiger partial charge in [0.25, 0.3) is 11.8 Å². The van der Waals surface area contributed by atoms with Gasteiger partial charge < -0.3 is 14.2 Å². The number of ether oxygens (including phenoxy) is 3. The van der Waals surface area contributed by atoms with Crippen molar-refractivity contribution in [1.29, 1.82) is 0 Å². The number of carbonyl (C=O) groups is 5. The van der Waals surface area contributed by atoms with Gasteiger partial charge in [-0.3, -0.25) is 28.9 Å². The van der Waals surface area contributed by atoms with E-state index in [1.54, 1.807) is 90.1 Å². The number of amides is 2. The van der Waals surface area contributed by atoms with Crippen LogP contribution in [0.5, 0.6) is 5.75 Å². The molecular weight excluding hydrogens is 514 g/mol. The number of hydrogen-bond donors (Lipinski definition) is 0. The van der Waals surface area contributed by atoms with Gasteiger partial charge in [-0.2, -0.15) is 0 Å². The largest absolute Gasteiger partial charge is 0.493 e. The Labute approximate surface area is 234 Å². The summed E-state index contributed by atoms with van der Waals surface area (Å²) in [4.78, 5) is 66.1. The lowest BCUT2D eigenvalue weighted by molar-refractivity contribution is -0.176. The van der Waals surface area contributed by atoms with Crippen LogP contribution in [-0.2, 0) is 19.1 Å². The van der Waals surface area contributed by atoms with Crippen molar-refractivity contribution >= 4 is 29.5 Å². The number of rotatable bonds is 10. The van der Waals surface area contributed by atoms with E-state index in [-0.39, 0.29) is 36.3 Å². The third-order valence-electron chi connectivity index (χ3n) is 6.05. The number of fused-ring (bicyclic) bond motifs is 1. The topological polar surface area (TPSA) is 116 Å². The van der Waals surface area contributed by atoms with Crippen molar-refractivity contribution in [1.82, 2.24) is 4.90 Å². The average molecular weight is 552 g/mol. The highest BCUT2D eigenvalue weighted by molar-refractivity contribution is 6.21. The third kappa shape index (κ3) is 7.34. The molecule has 0 aliphatic carbocycles. The summed E-state index contributed by atoms with van der Waals surface area (Å²) in [6.07, 6.45) is 0.335. The van der Waals surface area contributed by atoms with E-state index in [0.717, 1.165) is 0 Å². The Bertz CT molecular complexity index is 1240. The lowest BCUT2D eigenvalue weighted by Crippen LogP contribution is -2.42. The first-order valence-corrected chi connectivity index (χ1v) is 13.3. The highest BCUT2D eigenvalue weighted by Gasteiger charge is 2.42. The molecule has 3 rings (SSSR count). The second-order valence-electron chi connectivity index (χ2n) is 11.7. The summed E-state index contributed by atoms with van der Waals surface area (Å²) in [5.41, 5.74) is -0.806. The first kappa shape index (κ1) is 30.5. The molecule has 0 saturated carbocycles. The van der Waals surface area contributed by atoms with Crippen molar-refractivity contribution in [2.24, 2.45) is 11.8 Å². The maximum absolute atomic E-state index is 13.6. The van der Waals surface area contributed by atoms with Crippen molar-refractivity contribution in [3.63, 3.8) is 0 Å². The zero-order valence-electron chi connectivity index (χ0n) is 24.1. The van der Waals surface area contributed by atoms with Gasteiger partial charge in [0.2, 0.25) is 0 Å². The Kier molecular flexibility index (Phi) is 9.18. The molecule has 0 radical (unpaired) electrons. The number of esters is 2. The number of Topliss-reactive ketones (excluding diaryl/α,β-unsaturated/α-hetero) is 1. The van der Waals surface area contributed by atoms with Crippen molar-refractivity contribution in [3.05, 3.63) is 65.2 Å². The van der Waals surface area contributed by atoms with E-state index in [1.165, 1.54) is 11.8 Å². The van der Waals surface area contributed by atoms with E-state index in [2.05, 4.69) is 0 Å². The van der Waals surface area contributed by atoms with Crippen LogP contribution in [0.3, 0.4) is 0 Å². The van der Waals surface area contributed by atoms with Crippen molar-refractivity contribution < 1.29 is 38.2 Å². The molecule has 40 heavy (non-hydrogen) atoms. The summed E-state index contributed by atoms with van der Waals surface area (Å²) in [5, 5.41) is 0. The van der Waals surface area contributed by atoms with Gasteiger partial charge in [0.1, 0.15) is 17.0 Å². The minimum Gasteiger partial charge on any atom is -0.493 e. The Morgan fingerprint density at radius 2 is 1.25 bits per heavy atom. The summed E-state index contributed by atoms with van der Waals surface area (Å²) in [6.45, 7) is 11.8. The van der Waals surface area contributed by atoms with Crippen LogP contribution in [-0.4, -0.2) is 58.8 Å². The molecule has 9 heteroatoms. The van der Waals surface area contributed by atoms with Gasteiger partial charge in [-0.1, -0.05) is 31.2 Å². The number of imide groups is 1. The van der Waals surface area contributed by atoms with Crippen LogP contribution in [0.4, 0.5) is 0 Å². The quantitative estimate of drug-likeness (QED) is 0.135. The average Bonchev–Trinajstić information content (AvgIpc) is 3.09. The summed E-state index contributed by atoms with van der Waals surface area (Å²) in [7, 11) is 0. The molecule has 2 aromatic rings. The van der Waals surface area contributed by atoms with Crippen molar-refractivity contribution in [2.75, 3.05) is 13.2 Å². The first-order valence-electron chi connectivity index (χ1n) is 13.3. The van der Waals surface area contributed by atoms with Gasteiger partial charge >= 0.3 is 11.9 Å². The van der Waals surface area contributed by atoms with E-state index in [0.29, 0.717) is 17.5 Å². The first-order chi connectivity index (χ1) is 18.6. The van der Waals surface area contributed by atoms with Crippen molar-refractivity contribution in [3.8, 4) is 5.75 Å². The standard InChI is InChI=1S/C31H37NO8/c1-19(24(28(36)39-30(2,3)4)29(37)40-31(5,6)7)25(33)22-15-10-11-16-23(22)38-18-12-17-32-26(34)20-13-8-9-14-21(20)27(32)35/h8-11,13-16,19,24H,12,17-18H2,1-7H3. The van der Waals surface area contributed by atoms with E-state index in [4.69, 9.17) is 14.2 Å². The van der Waals surface area contributed by atoms with Gasteiger partial charge in [-0.15, -0.1) is 0 Å². The molecule has 1 atom stereocenters. The molecule has 214 valence electrons. The van der Waals surface area contributed by atoms with Gasteiger partial charge in [0, 0.05) is 12.5 Å². The molecule has 0 spiro atoms. The molecule has 9 nitrogen and oxygen atoms in total. The fraction of sp³-hybridized carbons (Fsp3) is 0.452. The zero-order valence-corrected chi connectivity index (χ0v) is 24.1. The molecule has 0 aromatic heterocycles. The van der Waals surface area contributed by atoms with E-state index < -0.39 is 40.8 Å². The van der Waals surface area contributed by atoms with Gasteiger partial charge in [0.15, 0.2) is 11.7 Å². The maximum Gasteiger partial charge on any atom is 0.321 e. The number of nitrogens with zero attached hydrogens (tertiary/aromatic N) is 1. The number of carbonyl (C=O) groups excluding carboxylic acids is 5. The van der Waals surface area contributed by atoms with E-state index in [1.807, 2.05) is 0 Å². The normalized spacial score (nSPS) is 14.2. The zero-order chi connectivity index (χ0) is 29.8. The second kappa shape index (κ2) is 12.0. The van der Waals surface area contributed by atoms with E-state index >= 15 is 0 Å². The SMILES string of the molecule is CC(C(=O)c1ccccc1OCCCN1C(=O)c2ccccc2C1=O)C(C(=O)OC(C)(C)C)C(=O)OC(C)(C)C. The van der Waals surface area contributed by atoms with Crippen LogP contribution in [0.2, 0.25) is 0 Å². The van der Waals surface area contributed by atoms with Crippen LogP contribution < -0.4 is 4.74 Å². The van der Waals surface area contributed by atoms with Crippen LogP contribution in [0.15, 0.2) is 48.5 Å². The van der Waals surface area contributed by atoms with E-state index in [9.17, 15) is 24.0 Å². The minimum atomic E-state index is -1.48. The molecule has 0 bridgehead atoms. The molecule has 1 heterocycles. The minimum absolute atomic E-state index is 0.119. The molecule has 0 fully saturated rings. The molecular formula is C31H37NO8. The molecule has 2 aromatic carbocycles. The summed E-state index contributed by atoms with van der Waals surface area (Å²) in [5.74, 6) is -5.20. The van der Waals surface area contributed by atoms with Gasteiger partial charge in [0.05, 0.1) is 23.3 Å². The van der Waals surface area contributed by atoms with Crippen LogP contribution >= 0.6 is 0 Å². The Morgan fingerprint density at radius 3 is 1.75 bits per heavy atom. The molecule has 0 N–H and O–H groups in total. The molecule has 1 aliphatic rings. The number of ketones is 1. The van der Waals surface area contributed by atoms with Crippen LogP contribution in [0.25, 0.3) is 0 Å². The smallest absolute Gasteiger partial charge is 0.321 e.